The van der Waals surface area contributed by atoms with Crippen LogP contribution in [0.4, 0.5) is 0 Å². The fourth-order valence-electron chi connectivity index (χ4n) is 1.61. The largest absolute Gasteiger partial charge is 0.462 e. The van der Waals surface area contributed by atoms with Gasteiger partial charge < -0.3 is 9.15 Å². The molecule has 0 aromatic carbocycles. The minimum Gasteiger partial charge on any atom is -0.462 e. The summed E-state index contributed by atoms with van der Waals surface area (Å²) >= 11 is 5.82. The lowest BCUT2D eigenvalue weighted by Gasteiger charge is -2.06. The molecule has 0 unspecified atom stereocenters. The first-order valence-corrected chi connectivity index (χ1v) is 6.34. The van der Waals surface area contributed by atoms with Crippen molar-refractivity contribution in [1.82, 2.24) is 9.97 Å². The van der Waals surface area contributed by atoms with Gasteiger partial charge in [0.05, 0.1) is 24.4 Å². The fraction of sp³-hybridized carbons (Fsp3) is 0.308. The molecule has 0 N–H and O–H groups in total. The van der Waals surface area contributed by atoms with Crippen molar-refractivity contribution in [2.75, 3.05) is 6.61 Å². The highest BCUT2D eigenvalue weighted by molar-refractivity contribution is 6.17. The lowest BCUT2D eigenvalue weighted by molar-refractivity contribution is 0.0524. The molecule has 0 bridgehead atoms. The standard InChI is InChI=1S/C13H13ClN2O3/c1-3-18-13(17)9-7-15-12(16-10(9)6-14)11-8(2)4-5-19-11/h4-5,7H,3,6H2,1-2H3. The summed E-state index contributed by atoms with van der Waals surface area (Å²) in [6.07, 6.45) is 2.98. The van der Waals surface area contributed by atoms with Crippen LogP contribution in [0, 0.1) is 6.92 Å². The maximum Gasteiger partial charge on any atom is 0.341 e. The molecule has 0 spiro atoms. The van der Waals surface area contributed by atoms with Crippen molar-refractivity contribution in [2.45, 2.75) is 19.7 Å². The van der Waals surface area contributed by atoms with Crippen LogP contribution in [-0.2, 0) is 10.6 Å². The minimum absolute atomic E-state index is 0.101. The molecular weight excluding hydrogens is 268 g/mol. The summed E-state index contributed by atoms with van der Waals surface area (Å²) in [4.78, 5) is 20.1. The van der Waals surface area contributed by atoms with Gasteiger partial charge in [-0.3, -0.25) is 0 Å². The predicted octanol–water partition coefficient (Wildman–Crippen LogP) is 2.96. The van der Waals surface area contributed by atoms with Crippen molar-refractivity contribution in [3.05, 3.63) is 35.3 Å². The number of nitrogens with zero attached hydrogens (tertiary/aromatic N) is 2. The average Bonchev–Trinajstić information content (AvgIpc) is 2.84. The second-order valence-corrected chi connectivity index (χ2v) is 4.11. The third-order valence-electron chi connectivity index (χ3n) is 2.55. The zero-order chi connectivity index (χ0) is 13.8. The second kappa shape index (κ2) is 5.84. The van der Waals surface area contributed by atoms with E-state index in [9.17, 15) is 4.79 Å². The van der Waals surface area contributed by atoms with Crippen molar-refractivity contribution in [2.24, 2.45) is 0 Å². The van der Waals surface area contributed by atoms with Crippen LogP contribution in [0.25, 0.3) is 11.6 Å². The fourth-order valence-corrected chi connectivity index (χ4v) is 1.81. The average molecular weight is 281 g/mol. The van der Waals surface area contributed by atoms with Gasteiger partial charge in [0.25, 0.3) is 0 Å². The first-order valence-electron chi connectivity index (χ1n) is 5.80. The molecular formula is C13H13ClN2O3. The summed E-state index contributed by atoms with van der Waals surface area (Å²) in [7, 11) is 0. The Bertz CT molecular complexity index is 595. The van der Waals surface area contributed by atoms with Gasteiger partial charge in [0.15, 0.2) is 11.6 Å². The van der Waals surface area contributed by atoms with E-state index in [4.69, 9.17) is 20.8 Å². The number of esters is 1. The number of aromatic nitrogens is 2. The Morgan fingerprint density at radius 1 is 1.53 bits per heavy atom. The van der Waals surface area contributed by atoms with Crippen LogP contribution >= 0.6 is 11.6 Å². The topological polar surface area (TPSA) is 65.2 Å². The first kappa shape index (κ1) is 13.5. The normalized spacial score (nSPS) is 10.5. The molecule has 0 fully saturated rings. The lowest BCUT2D eigenvalue weighted by Crippen LogP contribution is -2.10. The van der Waals surface area contributed by atoms with Crippen molar-refractivity contribution in [3.63, 3.8) is 0 Å². The van der Waals surface area contributed by atoms with Crippen LogP contribution in [-0.4, -0.2) is 22.5 Å². The number of halogens is 1. The Morgan fingerprint density at radius 2 is 2.32 bits per heavy atom. The Labute approximate surface area is 115 Å². The van der Waals surface area contributed by atoms with Gasteiger partial charge in [-0.25, -0.2) is 14.8 Å². The molecule has 6 heteroatoms. The van der Waals surface area contributed by atoms with Crippen LogP contribution in [0.5, 0.6) is 0 Å². The van der Waals surface area contributed by atoms with Crippen molar-refractivity contribution in [3.8, 4) is 11.6 Å². The molecule has 2 aromatic rings. The number of alkyl halides is 1. The van der Waals surface area contributed by atoms with Gasteiger partial charge in [0.2, 0.25) is 0 Å². The van der Waals surface area contributed by atoms with E-state index in [0.29, 0.717) is 23.9 Å². The van der Waals surface area contributed by atoms with E-state index in [1.807, 2.05) is 13.0 Å². The number of rotatable bonds is 4. The van der Waals surface area contributed by atoms with Crippen LogP contribution in [0.2, 0.25) is 0 Å². The number of hydrogen-bond donors (Lipinski definition) is 0. The molecule has 2 aromatic heterocycles. The summed E-state index contributed by atoms with van der Waals surface area (Å²) < 4.78 is 10.2. The van der Waals surface area contributed by atoms with Crippen molar-refractivity contribution < 1.29 is 13.9 Å². The number of furan rings is 1. The van der Waals surface area contributed by atoms with Crippen molar-refractivity contribution in [1.29, 1.82) is 0 Å². The molecule has 5 nitrogen and oxygen atoms in total. The molecule has 0 amide bonds. The van der Waals surface area contributed by atoms with Crippen LogP contribution in [0.1, 0.15) is 28.5 Å². The molecule has 0 aliphatic heterocycles. The van der Waals surface area contributed by atoms with Crippen LogP contribution in [0.3, 0.4) is 0 Å². The maximum atomic E-state index is 11.7. The van der Waals surface area contributed by atoms with E-state index in [2.05, 4.69) is 9.97 Å². The molecule has 100 valence electrons. The SMILES string of the molecule is CCOC(=O)c1cnc(-c2occc2C)nc1CCl. The molecule has 0 saturated heterocycles. The monoisotopic (exact) mass is 280 g/mol. The number of ether oxygens (including phenoxy) is 1. The van der Waals surface area contributed by atoms with Gasteiger partial charge >= 0.3 is 5.97 Å². The Hall–Kier alpha value is -1.88. The summed E-state index contributed by atoms with van der Waals surface area (Å²) in [6, 6.07) is 1.82. The number of carbonyl (C=O) groups excluding carboxylic acids is 1. The van der Waals surface area contributed by atoms with E-state index in [0.717, 1.165) is 5.56 Å². The molecule has 2 heterocycles. The minimum atomic E-state index is -0.471. The molecule has 0 aliphatic rings. The summed E-state index contributed by atoms with van der Waals surface area (Å²) in [5.74, 6) is 0.609. The molecule has 0 saturated carbocycles. The van der Waals surface area contributed by atoms with Crippen LogP contribution < -0.4 is 0 Å². The van der Waals surface area contributed by atoms with E-state index in [1.54, 1.807) is 13.2 Å². The van der Waals surface area contributed by atoms with E-state index in [-0.39, 0.29) is 11.4 Å². The summed E-state index contributed by atoms with van der Waals surface area (Å²) in [5.41, 5.74) is 1.63. The van der Waals surface area contributed by atoms with Gasteiger partial charge in [-0.2, -0.15) is 0 Å². The van der Waals surface area contributed by atoms with Gasteiger partial charge in [0.1, 0.15) is 5.56 Å². The summed E-state index contributed by atoms with van der Waals surface area (Å²) in [5, 5.41) is 0. The quantitative estimate of drug-likeness (QED) is 0.636. The maximum absolute atomic E-state index is 11.7. The zero-order valence-electron chi connectivity index (χ0n) is 10.6. The van der Waals surface area contributed by atoms with E-state index in [1.165, 1.54) is 6.20 Å². The summed E-state index contributed by atoms with van der Waals surface area (Å²) in [6.45, 7) is 3.92. The third kappa shape index (κ3) is 2.76. The van der Waals surface area contributed by atoms with Gasteiger partial charge in [-0.1, -0.05) is 0 Å². The number of carbonyl (C=O) groups is 1. The number of hydrogen-bond acceptors (Lipinski definition) is 5. The van der Waals surface area contributed by atoms with Gasteiger partial charge in [0, 0.05) is 6.20 Å². The second-order valence-electron chi connectivity index (χ2n) is 3.84. The molecule has 19 heavy (non-hydrogen) atoms. The van der Waals surface area contributed by atoms with Gasteiger partial charge in [-0.15, -0.1) is 11.6 Å². The zero-order valence-corrected chi connectivity index (χ0v) is 11.4. The molecule has 0 aliphatic carbocycles. The first-order chi connectivity index (χ1) is 9.17. The molecule has 2 rings (SSSR count). The van der Waals surface area contributed by atoms with Gasteiger partial charge in [-0.05, 0) is 25.5 Å². The highest BCUT2D eigenvalue weighted by Crippen LogP contribution is 2.22. The van der Waals surface area contributed by atoms with E-state index < -0.39 is 5.97 Å². The molecule has 0 radical (unpaired) electrons. The smallest absolute Gasteiger partial charge is 0.341 e. The third-order valence-corrected chi connectivity index (χ3v) is 2.81. The molecule has 0 atom stereocenters. The predicted molar refractivity (Wildman–Crippen MR) is 70.0 cm³/mol. The van der Waals surface area contributed by atoms with E-state index >= 15 is 0 Å². The highest BCUT2D eigenvalue weighted by Gasteiger charge is 2.17. The number of aryl methyl sites for hydroxylation is 1. The lowest BCUT2D eigenvalue weighted by atomic mass is 10.2. The Morgan fingerprint density at radius 3 is 2.89 bits per heavy atom. The highest BCUT2D eigenvalue weighted by atomic mass is 35.5. The Kier molecular flexibility index (Phi) is 4.16. The van der Waals surface area contributed by atoms with Crippen LogP contribution in [0.15, 0.2) is 22.9 Å². The van der Waals surface area contributed by atoms with Crippen molar-refractivity contribution >= 4 is 17.6 Å². The Balaban J connectivity index is 2.42.